The van der Waals surface area contributed by atoms with Crippen molar-refractivity contribution in [3.05, 3.63) is 53.6 Å². The zero-order valence-electron chi connectivity index (χ0n) is 12.6. The minimum absolute atomic E-state index is 0.132. The number of carbonyl (C=O) groups excluding carboxylic acids is 2. The number of nitrogens with one attached hydrogen (secondary N) is 2. The van der Waals surface area contributed by atoms with Gasteiger partial charge in [0.05, 0.1) is 11.9 Å². The van der Waals surface area contributed by atoms with Gasteiger partial charge in [0.1, 0.15) is 5.69 Å². The average Bonchev–Trinajstić information content (AvgIpc) is 2.53. The third-order valence-electron chi connectivity index (χ3n) is 2.93. The van der Waals surface area contributed by atoms with E-state index in [1.165, 1.54) is 12.4 Å². The number of hydrogen-bond donors (Lipinski definition) is 2. The molecular weight excluding hydrogens is 282 g/mol. The molecule has 0 spiro atoms. The Kier molecular flexibility index (Phi) is 4.67. The first-order valence-corrected chi connectivity index (χ1v) is 6.64. The molecule has 0 aliphatic carbocycles. The van der Waals surface area contributed by atoms with Gasteiger partial charge in [0, 0.05) is 31.5 Å². The first kappa shape index (κ1) is 15.4. The van der Waals surface area contributed by atoms with E-state index in [4.69, 9.17) is 0 Å². The van der Waals surface area contributed by atoms with E-state index in [1.807, 2.05) is 25.1 Å². The van der Waals surface area contributed by atoms with Gasteiger partial charge in [0.25, 0.3) is 11.8 Å². The smallest absolute Gasteiger partial charge is 0.289 e. The topological polar surface area (TPSA) is 87.2 Å². The minimum atomic E-state index is -0.524. The molecule has 0 fully saturated rings. The lowest BCUT2D eigenvalue weighted by Crippen LogP contribution is -2.42. The van der Waals surface area contributed by atoms with Crippen LogP contribution in [0.2, 0.25) is 0 Å². The predicted molar refractivity (Wildman–Crippen MR) is 82.5 cm³/mol. The number of aryl methyl sites for hydroxylation is 1. The second-order valence-corrected chi connectivity index (χ2v) is 4.90. The summed E-state index contributed by atoms with van der Waals surface area (Å²) in [6.45, 7) is 1.77. The molecule has 114 valence electrons. The lowest BCUT2D eigenvalue weighted by molar-refractivity contribution is 0.0843. The van der Waals surface area contributed by atoms with Crippen LogP contribution in [0.3, 0.4) is 0 Å². The lowest BCUT2D eigenvalue weighted by atomic mass is 10.2. The molecule has 0 aliphatic rings. The number of amides is 2. The van der Waals surface area contributed by atoms with Crippen LogP contribution in [0.15, 0.2) is 36.7 Å². The highest BCUT2D eigenvalue weighted by molar-refractivity contribution is 5.98. The maximum Gasteiger partial charge on any atom is 0.289 e. The van der Waals surface area contributed by atoms with E-state index in [-0.39, 0.29) is 5.69 Å². The van der Waals surface area contributed by atoms with Crippen LogP contribution in [0.25, 0.3) is 0 Å². The van der Waals surface area contributed by atoms with Gasteiger partial charge < -0.3 is 4.90 Å². The van der Waals surface area contributed by atoms with E-state index < -0.39 is 11.8 Å². The quantitative estimate of drug-likeness (QED) is 0.823. The van der Waals surface area contributed by atoms with Gasteiger partial charge in [-0.25, -0.2) is 4.98 Å². The van der Waals surface area contributed by atoms with Crippen molar-refractivity contribution in [1.82, 2.24) is 20.8 Å². The van der Waals surface area contributed by atoms with Crippen molar-refractivity contribution in [2.24, 2.45) is 0 Å². The molecule has 0 radical (unpaired) electrons. The van der Waals surface area contributed by atoms with Crippen LogP contribution in [0.5, 0.6) is 0 Å². The van der Waals surface area contributed by atoms with Crippen molar-refractivity contribution in [1.29, 1.82) is 0 Å². The summed E-state index contributed by atoms with van der Waals surface area (Å²) in [4.78, 5) is 33.7. The normalized spacial score (nSPS) is 9.95. The fourth-order valence-electron chi connectivity index (χ4n) is 1.68. The molecule has 2 N–H and O–H groups in total. The molecule has 22 heavy (non-hydrogen) atoms. The SMILES string of the molecule is Cc1cnc(C(=O)NNC(=O)c2cccc(N(C)C)c2)cn1. The summed E-state index contributed by atoms with van der Waals surface area (Å²) in [7, 11) is 3.77. The Hall–Kier alpha value is -2.96. The summed E-state index contributed by atoms with van der Waals surface area (Å²) in [6.07, 6.45) is 2.83. The molecule has 2 amide bonds. The number of nitrogens with zero attached hydrogens (tertiary/aromatic N) is 3. The van der Waals surface area contributed by atoms with Crippen molar-refractivity contribution >= 4 is 17.5 Å². The molecule has 1 aromatic heterocycles. The predicted octanol–water partition coefficient (Wildman–Crippen LogP) is 0.926. The van der Waals surface area contributed by atoms with Crippen LogP contribution in [-0.2, 0) is 0 Å². The molecule has 0 saturated heterocycles. The highest BCUT2D eigenvalue weighted by Crippen LogP contribution is 2.12. The second kappa shape index (κ2) is 6.66. The average molecular weight is 299 g/mol. The third kappa shape index (κ3) is 3.78. The number of hydrazine groups is 1. The van der Waals surface area contributed by atoms with Crippen molar-refractivity contribution < 1.29 is 9.59 Å². The summed E-state index contributed by atoms with van der Waals surface area (Å²) in [5.74, 6) is -0.929. The number of rotatable bonds is 3. The Labute approximate surface area is 128 Å². The van der Waals surface area contributed by atoms with Crippen molar-refractivity contribution in [2.45, 2.75) is 6.92 Å². The van der Waals surface area contributed by atoms with Gasteiger partial charge in [0.15, 0.2) is 0 Å². The Morgan fingerprint density at radius 3 is 2.41 bits per heavy atom. The first-order valence-electron chi connectivity index (χ1n) is 6.64. The van der Waals surface area contributed by atoms with Gasteiger partial charge in [-0.05, 0) is 25.1 Å². The third-order valence-corrected chi connectivity index (χ3v) is 2.93. The summed E-state index contributed by atoms with van der Waals surface area (Å²) in [6, 6.07) is 7.06. The van der Waals surface area contributed by atoms with E-state index in [0.717, 1.165) is 5.69 Å². The fourth-order valence-corrected chi connectivity index (χ4v) is 1.68. The van der Waals surface area contributed by atoms with Crippen LogP contribution in [0.1, 0.15) is 26.5 Å². The van der Waals surface area contributed by atoms with Crippen molar-refractivity contribution in [3.63, 3.8) is 0 Å². The Bertz CT molecular complexity index is 683. The van der Waals surface area contributed by atoms with Crippen LogP contribution in [0.4, 0.5) is 5.69 Å². The number of anilines is 1. The molecule has 2 aromatic rings. The van der Waals surface area contributed by atoms with Crippen molar-refractivity contribution in [3.8, 4) is 0 Å². The number of carbonyl (C=O) groups is 2. The molecule has 2 rings (SSSR count). The fraction of sp³-hybridized carbons (Fsp3) is 0.200. The van der Waals surface area contributed by atoms with Crippen LogP contribution in [-0.4, -0.2) is 35.9 Å². The van der Waals surface area contributed by atoms with Gasteiger partial charge in [-0.1, -0.05) is 6.07 Å². The maximum atomic E-state index is 12.0. The Balaban J connectivity index is 1.99. The van der Waals surface area contributed by atoms with Gasteiger partial charge in [-0.15, -0.1) is 0 Å². The molecule has 0 atom stereocenters. The molecule has 7 nitrogen and oxygen atoms in total. The first-order chi connectivity index (χ1) is 10.5. The highest BCUT2D eigenvalue weighted by Gasteiger charge is 2.11. The standard InChI is InChI=1S/C15H17N5O2/c1-10-8-17-13(9-16-10)15(22)19-18-14(21)11-5-4-6-12(7-11)20(2)3/h4-9H,1-3H3,(H,18,21)(H,19,22). The Morgan fingerprint density at radius 1 is 1.05 bits per heavy atom. The number of aromatic nitrogens is 2. The van der Waals surface area contributed by atoms with Crippen LogP contribution in [0, 0.1) is 6.92 Å². The zero-order chi connectivity index (χ0) is 16.1. The second-order valence-electron chi connectivity index (χ2n) is 4.90. The maximum absolute atomic E-state index is 12.0. The van der Waals surface area contributed by atoms with Gasteiger partial charge in [0.2, 0.25) is 0 Å². The van der Waals surface area contributed by atoms with Crippen LogP contribution < -0.4 is 15.8 Å². The summed E-state index contributed by atoms with van der Waals surface area (Å²) in [5, 5.41) is 0. The number of benzene rings is 1. The summed E-state index contributed by atoms with van der Waals surface area (Å²) >= 11 is 0. The van der Waals surface area contributed by atoms with Gasteiger partial charge >= 0.3 is 0 Å². The number of hydrogen-bond acceptors (Lipinski definition) is 5. The molecule has 0 saturated carbocycles. The molecule has 7 heteroatoms. The van der Waals surface area contributed by atoms with Gasteiger partial charge in [-0.3, -0.25) is 25.4 Å². The monoisotopic (exact) mass is 299 g/mol. The van der Waals surface area contributed by atoms with E-state index in [2.05, 4.69) is 20.8 Å². The molecular formula is C15H17N5O2. The Morgan fingerprint density at radius 2 is 1.77 bits per heavy atom. The lowest BCUT2D eigenvalue weighted by Gasteiger charge is -2.13. The van der Waals surface area contributed by atoms with E-state index in [9.17, 15) is 9.59 Å². The van der Waals surface area contributed by atoms with E-state index in [1.54, 1.807) is 25.1 Å². The van der Waals surface area contributed by atoms with E-state index in [0.29, 0.717) is 11.3 Å². The summed E-state index contributed by atoms with van der Waals surface area (Å²) in [5.41, 5.74) is 6.84. The molecule has 0 unspecified atom stereocenters. The summed E-state index contributed by atoms with van der Waals surface area (Å²) < 4.78 is 0. The largest absolute Gasteiger partial charge is 0.378 e. The van der Waals surface area contributed by atoms with Crippen LogP contribution >= 0.6 is 0 Å². The minimum Gasteiger partial charge on any atom is -0.378 e. The highest BCUT2D eigenvalue weighted by atomic mass is 16.2. The molecule has 0 aliphatic heterocycles. The van der Waals surface area contributed by atoms with Gasteiger partial charge in [-0.2, -0.15) is 0 Å². The zero-order valence-corrected chi connectivity index (χ0v) is 12.6. The molecule has 1 aromatic carbocycles. The molecule has 0 bridgehead atoms. The van der Waals surface area contributed by atoms with Crippen molar-refractivity contribution in [2.75, 3.05) is 19.0 Å². The van der Waals surface area contributed by atoms with E-state index >= 15 is 0 Å². The molecule has 1 heterocycles.